The zero-order chi connectivity index (χ0) is 12.8. The number of ether oxygens (including phenoxy) is 1. The lowest BCUT2D eigenvalue weighted by Gasteiger charge is -2.24. The Morgan fingerprint density at radius 1 is 1.39 bits per heavy atom. The first-order valence-electron chi connectivity index (χ1n) is 6.94. The van der Waals surface area contributed by atoms with Crippen LogP contribution in [0.1, 0.15) is 50.2 Å². The van der Waals surface area contributed by atoms with Crippen molar-refractivity contribution >= 4 is 0 Å². The van der Waals surface area contributed by atoms with Crippen molar-refractivity contribution in [2.45, 2.75) is 45.1 Å². The molecule has 102 valence electrons. The normalized spacial score (nSPS) is 24.3. The summed E-state index contributed by atoms with van der Waals surface area (Å²) in [6.45, 7) is 4.57. The summed E-state index contributed by atoms with van der Waals surface area (Å²) >= 11 is 0. The fourth-order valence-electron chi connectivity index (χ4n) is 2.51. The van der Waals surface area contributed by atoms with Crippen molar-refractivity contribution in [3.05, 3.63) is 17.8 Å². The van der Waals surface area contributed by atoms with Crippen LogP contribution in [-0.4, -0.2) is 25.2 Å². The average Bonchev–Trinajstić information content (AvgIpc) is 2.84. The van der Waals surface area contributed by atoms with Gasteiger partial charge in [0.05, 0.1) is 19.3 Å². The van der Waals surface area contributed by atoms with Gasteiger partial charge in [-0.2, -0.15) is 0 Å². The number of nitrogens with one attached hydrogen (secondary N) is 1. The van der Waals surface area contributed by atoms with Crippen LogP contribution in [0.5, 0.6) is 0 Å². The number of nitrogens with zero attached hydrogens (tertiary/aromatic N) is 1. The van der Waals surface area contributed by atoms with Crippen LogP contribution in [0.15, 0.2) is 10.6 Å². The Kier molecular flexibility index (Phi) is 5.20. The summed E-state index contributed by atoms with van der Waals surface area (Å²) in [7, 11) is 1.70. The molecule has 0 bridgehead atoms. The Morgan fingerprint density at radius 3 is 2.89 bits per heavy atom. The molecule has 1 aromatic heterocycles. The fraction of sp³-hybridized carbons (Fsp3) is 0.786. The topological polar surface area (TPSA) is 47.3 Å². The third-order valence-electron chi connectivity index (χ3n) is 3.75. The Hall–Kier alpha value is -0.870. The minimum absolute atomic E-state index is 0.585. The zero-order valence-electron chi connectivity index (χ0n) is 11.4. The molecule has 4 nitrogen and oxygen atoms in total. The molecular formula is C14H24N2O2. The summed E-state index contributed by atoms with van der Waals surface area (Å²) in [6.07, 6.45) is 7.02. The van der Waals surface area contributed by atoms with Gasteiger partial charge in [0.15, 0.2) is 0 Å². The first-order chi connectivity index (χ1) is 8.79. The van der Waals surface area contributed by atoms with Gasteiger partial charge in [0.1, 0.15) is 5.76 Å². The molecule has 0 aromatic carbocycles. The van der Waals surface area contributed by atoms with E-state index in [1.807, 2.05) is 6.20 Å². The van der Waals surface area contributed by atoms with Gasteiger partial charge in [0, 0.05) is 19.6 Å². The second kappa shape index (κ2) is 6.90. The van der Waals surface area contributed by atoms with Crippen molar-refractivity contribution in [3.8, 4) is 0 Å². The Balaban J connectivity index is 1.78. The summed E-state index contributed by atoms with van der Waals surface area (Å²) in [4.78, 5) is 4.34. The predicted octanol–water partition coefficient (Wildman–Crippen LogP) is 2.70. The van der Waals surface area contributed by atoms with E-state index in [1.54, 1.807) is 7.11 Å². The van der Waals surface area contributed by atoms with Gasteiger partial charge in [-0.25, -0.2) is 4.98 Å². The minimum Gasteiger partial charge on any atom is -0.444 e. The number of rotatable bonds is 6. The molecule has 1 aromatic rings. The van der Waals surface area contributed by atoms with Gasteiger partial charge in [-0.1, -0.05) is 19.8 Å². The Bertz CT molecular complexity index is 343. The highest BCUT2D eigenvalue weighted by molar-refractivity contribution is 5.03. The van der Waals surface area contributed by atoms with E-state index in [2.05, 4.69) is 17.2 Å². The monoisotopic (exact) mass is 252 g/mol. The molecule has 1 aliphatic carbocycles. The molecule has 0 unspecified atom stereocenters. The van der Waals surface area contributed by atoms with Gasteiger partial charge in [-0.05, 0) is 18.8 Å². The highest BCUT2D eigenvalue weighted by atomic mass is 16.5. The van der Waals surface area contributed by atoms with E-state index < -0.39 is 0 Å². The van der Waals surface area contributed by atoms with Gasteiger partial charge in [0.2, 0.25) is 5.89 Å². The van der Waals surface area contributed by atoms with E-state index in [4.69, 9.17) is 9.15 Å². The van der Waals surface area contributed by atoms with Gasteiger partial charge in [-0.3, -0.25) is 0 Å². The molecule has 1 aliphatic rings. The zero-order valence-corrected chi connectivity index (χ0v) is 11.4. The van der Waals surface area contributed by atoms with Crippen LogP contribution in [0.4, 0.5) is 0 Å². The molecule has 1 N–H and O–H groups in total. The van der Waals surface area contributed by atoms with E-state index in [1.165, 1.54) is 25.7 Å². The van der Waals surface area contributed by atoms with E-state index in [0.717, 1.165) is 24.1 Å². The molecule has 18 heavy (non-hydrogen) atoms. The van der Waals surface area contributed by atoms with Crippen molar-refractivity contribution in [3.63, 3.8) is 0 Å². The van der Waals surface area contributed by atoms with E-state index in [9.17, 15) is 0 Å². The summed E-state index contributed by atoms with van der Waals surface area (Å²) in [5.41, 5.74) is 0. The molecule has 1 saturated carbocycles. The highest BCUT2D eigenvalue weighted by Crippen LogP contribution is 2.35. The SMILES string of the molecule is COCCNCc1ncc(C2CCC(C)CC2)o1. The number of oxazole rings is 1. The molecule has 0 atom stereocenters. The van der Waals surface area contributed by atoms with Crippen molar-refractivity contribution in [1.82, 2.24) is 10.3 Å². The van der Waals surface area contributed by atoms with Crippen molar-refractivity contribution in [1.29, 1.82) is 0 Å². The summed E-state index contributed by atoms with van der Waals surface area (Å²) in [5, 5.41) is 3.24. The maximum atomic E-state index is 5.82. The van der Waals surface area contributed by atoms with E-state index in [0.29, 0.717) is 19.1 Å². The van der Waals surface area contributed by atoms with Crippen LogP contribution >= 0.6 is 0 Å². The molecule has 0 spiro atoms. The Morgan fingerprint density at radius 2 is 2.17 bits per heavy atom. The molecule has 0 saturated heterocycles. The molecule has 2 rings (SSSR count). The number of aromatic nitrogens is 1. The summed E-state index contributed by atoms with van der Waals surface area (Å²) in [5.74, 6) is 3.32. The second-order valence-corrected chi connectivity index (χ2v) is 5.28. The Labute approximate surface area is 109 Å². The average molecular weight is 252 g/mol. The molecule has 0 radical (unpaired) electrons. The summed E-state index contributed by atoms with van der Waals surface area (Å²) < 4.78 is 10.8. The standard InChI is InChI=1S/C14H24N2O2/c1-11-3-5-12(6-4-11)13-9-16-14(18-13)10-15-7-8-17-2/h9,11-12,15H,3-8,10H2,1-2H3. The van der Waals surface area contributed by atoms with Crippen LogP contribution in [0.25, 0.3) is 0 Å². The number of hydrogen-bond acceptors (Lipinski definition) is 4. The van der Waals surface area contributed by atoms with Crippen LogP contribution in [0, 0.1) is 5.92 Å². The maximum Gasteiger partial charge on any atom is 0.208 e. The lowest BCUT2D eigenvalue weighted by Crippen LogP contribution is -2.18. The molecule has 4 heteroatoms. The first kappa shape index (κ1) is 13.6. The molecule has 0 amide bonds. The van der Waals surface area contributed by atoms with Crippen molar-refractivity contribution in [2.24, 2.45) is 5.92 Å². The van der Waals surface area contributed by atoms with Gasteiger partial charge in [-0.15, -0.1) is 0 Å². The first-order valence-corrected chi connectivity index (χ1v) is 6.94. The van der Waals surface area contributed by atoms with Gasteiger partial charge in [0.25, 0.3) is 0 Å². The van der Waals surface area contributed by atoms with Gasteiger partial charge < -0.3 is 14.5 Å². The van der Waals surface area contributed by atoms with Crippen LogP contribution in [-0.2, 0) is 11.3 Å². The lowest BCUT2D eigenvalue weighted by molar-refractivity contribution is 0.198. The van der Waals surface area contributed by atoms with Crippen LogP contribution in [0.2, 0.25) is 0 Å². The third kappa shape index (κ3) is 3.82. The third-order valence-corrected chi connectivity index (χ3v) is 3.75. The molecule has 1 heterocycles. The molecular weight excluding hydrogens is 228 g/mol. The summed E-state index contributed by atoms with van der Waals surface area (Å²) in [6, 6.07) is 0. The molecule has 0 aliphatic heterocycles. The van der Waals surface area contributed by atoms with Crippen molar-refractivity contribution in [2.75, 3.05) is 20.3 Å². The minimum atomic E-state index is 0.585. The quantitative estimate of drug-likeness (QED) is 0.791. The smallest absolute Gasteiger partial charge is 0.208 e. The van der Waals surface area contributed by atoms with E-state index in [-0.39, 0.29) is 0 Å². The fourth-order valence-corrected chi connectivity index (χ4v) is 2.51. The number of hydrogen-bond donors (Lipinski definition) is 1. The molecule has 1 fully saturated rings. The van der Waals surface area contributed by atoms with Crippen LogP contribution in [0.3, 0.4) is 0 Å². The van der Waals surface area contributed by atoms with Crippen LogP contribution < -0.4 is 5.32 Å². The lowest BCUT2D eigenvalue weighted by atomic mass is 9.82. The van der Waals surface area contributed by atoms with Crippen molar-refractivity contribution < 1.29 is 9.15 Å². The largest absolute Gasteiger partial charge is 0.444 e. The highest BCUT2D eigenvalue weighted by Gasteiger charge is 2.22. The predicted molar refractivity (Wildman–Crippen MR) is 70.5 cm³/mol. The van der Waals surface area contributed by atoms with E-state index >= 15 is 0 Å². The maximum absolute atomic E-state index is 5.82. The second-order valence-electron chi connectivity index (χ2n) is 5.28. The van der Waals surface area contributed by atoms with Gasteiger partial charge >= 0.3 is 0 Å². The number of methoxy groups -OCH3 is 1.